The largest absolute Gasteiger partial charge is 0.480 e. The standard InChI is InChI=1S/C15H22N2O3/c1-3-4-5-13(16)15(20)17(10-14(18)19)12-8-6-11(2)7-9-12/h6-9,13H,3-5,10,16H2,1-2H3,(H,18,19). The molecule has 0 fully saturated rings. The van der Waals surface area contributed by atoms with E-state index in [2.05, 4.69) is 0 Å². The fourth-order valence-electron chi connectivity index (χ4n) is 1.90. The zero-order valence-corrected chi connectivity index (χ0v) is 12.0. The van der Waals surface area contributed by atoms with Crippen molar-refractivity contribution in [3.63, 3.8) is 0 Å². The first-order chi connectivity index (χ1) is 9.45. The Kier molecular flexibility index (Phi) is 6.18. The molecule has 1 aromatic carbocycles. The van der Waals surface area contributed by atoms with Gasteiger partial charge in [0.2, 0.25) is 5.91 Å². The van der Waals surface area contributed by atoms with Crippen molar-refractivity contribution in [2.24, 2.45) is 5.73 Å². The predicted molar refractivity (Wildman–Crippen MR) is 78.7 cm³/mol. The number of unbranched alkanes of at least 4 members (excludes halogenated alkanes) is 1. The van der Waals surface area contributed by atoms with Crippen molar-refractivity contribution in [2.75, 3.05) is 11.4 Å². The number of hydrogen-bond donors (Lipinski definition) is 2. The molecule has 0 aliphatic heterocycles. The number of rotatable bonds is 7. The van der Waals surface area contributed by atoms with Crippen molar-refractivity contribution in [3.05, 3.63) is 29.8 Å². The van der Waals surface area contributed by atoms with Gasteiger partial charge in [-0.2, -0.15) is 0 Å². The third-order valence-electron chi connectivity index (χ3n) is 3.09. The molecular formula is C15H22N2O3. The van der Waals surface area contributed by atoms with Crippen molar-refractivity contribution in [3.8, 4) is 0 Å². The summed E-state index contributed by atoms with van der Waals surface area (Å²) >= 11 is 0. The molecule has 3 N–H and O–H groups in total. The van der Waals surface area contributed by atoms with E-state index in [1.165, 1.54) is 4.90 Å². The molecule has 1 unspecified atom stereocenters. The highest BCUT2D eigenvalue weighted by Gasteiger charge is 2.23. The number of nitrogens with two attached hydrogens (primary N) is 1. The quantitative estimate of drug-likeness (QED) is 0.798. The topological polar surface area (TPSA) is 83.6 Å². The number of nitrogens with zero attached hydrogens (tertiary/aromatic N) is 1. The van der Waals surface area contributed by atoms with Crippen LogP contribution in [-0.2, 0) is 9.59 Å². The maximum absolute atomic E-state index is 12.3. The molecule has 1 atom stereocenters. The van der Waals surface area contributed by atoms with E-state index in [1.807, 2.05) is 26.0 Å². The van der Waals surface area contributed by atoms with E-state index in [-0.39, 0.29) is 12.5 Å². The summed E-state index contributed by atoms with van der Waals surface area (Å²) in [6.45, 7) is 3.58. The highest BCUT2D eigenvalue weighted by Crippen LogP contribution is 2.17. The van der Waals surface area contributed by atoms with Gasteiger partial charge in [0.05, 0.1) is 6.04 Å². The fraction of sp³-hybridized carbons (Fsp3) is 0.467. The maximum atomic E-state index is 12.3. The number of amides is 1. The number of carboxylic acids is 1. The number of aryl methyl sites for hydroxylation is 1. The summed E-state index contributed by atoms with van der Waals surface area (Å²) < 4.78 is 0. The van der Waals surface area contributed by atoms with Crippen LogP contribution >= 0.6 is 0 Å². The molecule has 0 aliphatic carbocycles. The minimum absolute atomic E-state index is 0.343. The number of hydrogen-bond acceptors (Lipinski definition) is 3. The van der Waals surface area contributed by atoms with Gasteiger partial charge < -0.3 is 10.8 Å². The van der Waals surface area contributed by atoms with Gasteiger partial charge in [-0.25, -0.2) is 0 Å². The van der Waals surface area contributed by atoms with Crippen LogP contribution in [0.2, 0.25) is 0 Å². The van der Waals surface area contributed by atoms with Gasteiger partial charge in [-0.1, -0.05) is 37.5 Å². The van der Waals surface area contributed by atoms with Crippen LogP contribution in [0, 0.1) is 6.92 Å². The number of benzene rings is 1. The van der Waals surface area contributed by atoms with Crippen LogP contribution < -0.4 is 10.6 Å². The number of anilines is 1. The monoisotopic (exact) mass is 278 g/mol. The molecule has 0 aromatic heterocycles. The average Bonchev–Trinajstić information content (AvgIpc) is 2.42. The van der Waals surface area contributed by atoms with Gasteiger partial charge >= 0.3 is 5.97 Å². The SMILES string of the molecule is CCCCC(N)C(=O)N(CC(=O)O)c1ccc(C)cc1. The predicted octanol–water partition coefficient (Wildman–Crippen LogP) is 1.93. The average molecular weight is 278 g/mol. The second-order valence-electron chi connectivity index (χ2n) is 4.90. The molecule has 0 saturated carbocycles. The summed E-state index contributed by atoms with van der Waals surface area (Å²) in [6, 6.07) is 6.51. The fourth-order valence-corrected chi connectivity index (χ4v) is 1.90. The third kappa shape index (κ3) is 4.66. The molecule has 1 aromatic rings. The van der Waals surface area contributed by atoms with Crippen LogP contribution in [0.3, 0.4) is 0 Å². The molecule has 0 spiro atoms. The lowest BCUT2D eigenvalue weighted by atomic mass is 10.1. The van der Waals surface area contributed by atoms with Gasteiger partial charge in [0.1, 0.15) is 6.54 Å². The minimum atomic E-state index is -1.05. The lowest BCUT2D eigenvalue weighted by Crippen LogP contribution is -2.46. The first-order valence-electron chi connectivity index (χ1n) is 6.81. The summed E-state index contributed by atoms with van der Waals surface area (Å²) in [5, 5.41) is 8.97. The van der Waals surface area contributed by atoms with Crippen molar-refractivity contribution in [1.29, 1.82) is 0 Å². The van der Waals surface area contributed by atoms with Crippen LogP contribution in [0.4, 0.5) is 5.69 Å². The Balaban J connectivity index is 2.91. The smallest absolute Gasteiger partial charge is 0.323 e. The molecule has 0 radical (unpaired) electrons. The lowest BCUT2D eigenvalue weighted by molar-refractivity contribution is -0.136. The van der Waals surface area contributed by atoms with Crippen molar-refractivity contribution >= 4 is 17.6 Å². The Morgan fingerprint density at radius 2 is 1.90 bits per heavy atom. The van der Waals surface area contributed by atoms with E-state index < -0.39 is 12.0 Å². The van der Waals surface area contributed by atoms with E-state index >= 15 is 0 Å². The van der Waals surface area contributed by atoms with Gasteiger partial charge in [0, 0.05) is 5.69 Å². The number of carbonyl (C=O) groups excluding carboxylic acids is 1. The molecule has 0 aliphatic rings. The normalized spacial score (nSPS) is 11.9. The van der Waals surface area contributed by atoms with Gasteiger partial charge in [0.15, 0.2) is 0 Å². The summed E-state index contributed by atoms with van der Waals surface area (Å²) in [4.78, 5) is 24.5. The summed E-state index contributed by atoms with van der Waals surface area (Å²) in [6.07, 6.45) is 2.36. The molecule has 0 saturated heterocycles. The number of aliphatic carboxylic acids is 1. The zero-order valence-electron chi connectivity index (χ0n) is 12.0. The van der Waals surface area contributed by atoms with Gasteiger partial charge in [-0.3, -0.25) is 14.5 Å². The summed E-state index contributed by atoms with van der Waals surface area (Å²) in [5.41, 5.74) is 7.48. The van der Waals surface area contributed by atoms with Crippen molar-refractivity contribution < 1.29 is 14.7 Å². The molecule has 110 valence electrons. The van der Waals surface area contributed by atoms with Crippen LogP contribution in [0.1, 0.15) is 31.7 Å². The second-order valence-corrected chi connectivity index (χ2v) is 4.90. The second kappa shape index (κ2) is 7.65. The molecule has 0 heterocycles. The number of carboxylic acid groups (broad SMARTS) is 1. The molecule has 1 rings (SSSR count). The van der Waals surface area contributed by atoms with E-state index in [4.69, 9.17) is 10.8 Å². The number of carbonyl (C=O) groups is 2. The highest BCUT2D eigenvalue weighted by atomic mass is 16.4. The van der Waals surface area contributed by atoms with Crippen molar-refractivity contribution in [1.82, 2.24) is 0 Å². The Morgan fingerprint density at radius 1 is 1.30 bits per heavy atom. The van der Waals surface area contributed by atoms with E-state index in [0.29, 0.717) is 12.1 Å². The molecule has 5 nitrogen and oxygen atoms in total. The Hall–Kier alpha value is -1.88. The lowest BCUT2D eigenvalue weighted by Gasteiger charge is -2.24. The Bertz CT molecular complexity index is 457. The van der Waals surface area contributed by atoms with Crippen LogP contribution in [0.25, 0.3) is 0 Å². The molecular weight excluding hydrogens is 256 g/mol. The molecule has 0 bridgehead atoms. The highest BCUT2D eigenvalue weighted by molar-refractivity contribution is 6.00. The van der Waals surface area contributed by atoms with Crippen LogP contribution in [0.15, 0.2) is 24.3 Å². The Morgan fingerprint density at radius 3 is 2.40 bits per heavy atom. The Labute approximate surface area is 119 Å². The zero-order chi connectivity index (χ0) is 15.1. The van der Waals surface area contributed by atoms with Gasteiger partial charge in [-0.05, 0) is 25.5 Å². The molecule has 5 heteroatoms. The van der Waals surface area contributed by atoms with E-state index in [0.717, 1.165) is 18.4 Å². The molecule has 20 heavy (non-hydrogen) atoms. The minimum Gasteiger partial charge on any atom is -0.480 e. The third-order valence-corrected chi connectivity index (χ3v) is 3.09. The van der Waals surface area contributed by atoms with E-state index in [1.54, 1.807) is 12.1 Å². The van der Waals surface area contributed by atoms with Crippen molar-refractivity contribution in [2.45, 2.75) is 39.2 Å². The summed E-state index contributed by atoms with van der Waals surface area (Å²) in [5.74, 6) is -1.40. The van der Waals surface area contributed by atoms with Crippen LogP contribution in [-0.4, -0.2) is 29.6 Å². The molecule has 1 amide bonds. The van der Waals surface area contributed by atoms with E-state index in [9.17, 15) is 9.59 Å². The first kappa shape index (κ1) is 16.2. The summed E-state index contributed by atoms with van der Waals surface area (Å²) in [7, 11) is 0. The van der Waals surface area contributed by atoms with Gasteiger partial charge in [-0.15, -0.1) is 0 Å². The van der Waals surface area contributed by atoms with Gasteiger partial charge in [0.25, 0.3) is 0 Å². The maximum Gasteiger partial charge on any atom is 0.323 e. The first-order valence-corrected chi connectivity index (χ1v) is 6.81. The van der Waals surface area contributed by atoms with Crippen LogP contribution in [0.5, 0.6) is 0 Å².